The van der Waals surface area contributed by atoms with Crippen LogP contribution < -0.4 is 0 Å². The molecule has 0 radical (unpaired) electrons. The highest BCUT2D eigenvalue weighted by atomic mass is 35.5. The van der Waals surface area contributed by atoms with Crippen molar-refractivity contribution in [2.75, 3.05) is 0 Å². The molecule has 2 rings (SSSR count). The summed E-state index contributed by atoms with van der Waals surface area (Å²) >= 11 is 5.75. The summed E-state index contributed by atoms with van der Waals surface area (Å²) in [6.07, 6.45) is 0.747. The van der Waals surface area contributed by atoms with Crippen molar-refractivity contribution in [3.63, 3.8) is 0 Å². The molecule has 0 bridgehead atoms. The smallest absolute Gasteiger partial charge is 0.193 e. The molecule has 0 N–H and O–H groups in total. The van der Waals surface area contributed by atoms with Gasteiger partial charge in [0.2, 0.25) is 0 Å². The highest BCUT2D eigenvalue weighted by Gasteiger charge is 2.08. The largest absolute Gasteiger partial charge is 0.298 e. The lowest BCUT2D eigenvalue weighted by molar-refractivity contribution is 0.103. The summed E-state index contributed by atoms with van der Waals surface area (Å²) in [6.45, 7) is 0. The molecule has 0 atom stereocenters. The van der Waals surface area contributed by atoms with Gasteiger partial charge >= 0.3 is 0 Å². The van der Waals surface area contributed by atoms with Gasteiger partial charge in [0.25, 0.3) is 0 Å². The summed E-state index contributed by atoms with van der Waals surface area (Å²) in [6, 6.07) is 13.2. The third-order valence-electron chi connectivity index (χ3n) is 2.42. The first-order valence-corrected chi connectivity index (χ1v) is 5.44. The third-order valence-corrected chi connectivity index (χ3v) is 2.67. The molecule has 0 heterocycles. The zero-order chi connectivity index (χ0) is 12.3. The Labute approximate surface area is 104 Å². The zero-order valence-electron chi connectivity index (χ0n) is 8.89. The van der Waals surface area contributed by atoms with Crippen LogP contribution in [0.2, 0.25) is 5.02 Å². The molecule has 0 saturated carbocycles. The SMILES string of the molecule is O=Cc1ccc(C(=O)c2ccc(Cl)cc2)cc1. The number of hydrogen-bond acceptors (Lipinski definition) is 2. The number of carbonyl (C=O) groups excluding carboxylic acids is 2. The number of benzene rings is 2. The monoisotopic (exact) mass is 244 g/mol. The van der Waals surface area contributed by atoms with Gasteiger partial charge < -0.3 is 0 Å². The lowest BCUT2D eigenvalue weighted by Crippen LogP contribution is -2.00. The van der Waals surface area contributed by atoms with Crippen LogP contribution in [-0.4, -0.2) is 12.1 Å². The lowest BCUT2D eigenvalue weighted by Gasteiger charge is -2.01. The van der Waals surface area contributed by atoms with Gasteiger partial charge in [0.05, 0.1) is 0 Å². The fourth-order valence-corrected chi connectivity index (χ4v) is 1.61. The molecule has 0 spiro atoms. The van der Waals surface area contributed by atoms with Gasteiger partial charge in [-0.1, -0.05) is 35.9 Å². The van der Waals surface area contributed by atoms with E-state index in [4.69, 9.17) is 11.6 Å². The zero-order valence-corrected chi connectivity index (χ0v) is 9.65. The molecule has 0 aliphatic carbocycles. The first kappa shape index (κ1) is 11.6. The van der Waals surface area contributed by atoms with E-state index in [2.05, 4.69) is 0 Å². The maximum absolute atomic E-state index is 12.0. The second-order valence-corrected chi connectivity index (χ2v) is 4.01. The van der Waals surface area contributed by atoms with E-state index in [1.54, 1.807) is 48.5 Å². The van der Waals surface area contributed by atoms with E-state index in [1.165, 1.54) is 0 Å². The fourth-order valence-electron chi connectivity index (χ4n) is 1.48. The molecule has 0 fully saturated rings. The third kappa shape index (κ3) is 2.60. The molecular weight excluding hydrogens is 236 g/mol. The Bertz CT molecular complexity index is 541. The van der Waals surface area contributed by atoms with E-state index >= 15 is 0 Å². The summed E-state index contributed by atoms with van der Waals surface area (Å²) in [5, 5.41) is 0.595. The normalized spacial score (nSPS) is 9.94. The minimum Gasteiger partial charge on any atom is -0.298 e. The van der Waals surface area contributed by atoms with Crippen LogP contribution in [0, 0.1) is 0 Å². The van der Waals surface area contributed by atoms with Crippen molar-refractivity contribution in [2.24, 2.45) is 0 Å². The Morgan fingerprint density at radius 2 is 1.35 bits per heavy atom. The summed E-state index contributed by atoms with van der Waals surface area (Å²) in [7, 11) is 0. The van der Waals surface area contributed by atoms with Gasteiger partial charge in [0, 0.05) is 21.7 Å². The van der Waals surface area contributed by atoms with Crippen LogP contribution in [0.5, 0.6) is 0 Å². The Kier molecular flexibility index (Phi) is 3.35. The van der Waals surface area contributed by atoms with E-state index in [-0.39, 0.29) is 5.78 Å². The Balaban J connectivity index is 2.30. The molecule has 0 unspecified atom stereocenters. The van der Waals surface area contributed by atoms with E-state index in [0.717, 1.165) is 6.29 Å². The molecule has 3 heteroatoms. The number of rotatable bonds is 3. The van der Waals surface area contributed by atoms with Gasteiger partial charge in [-0.05, 0) is 24.3 Å². The minimum atomic E-state index is -0.0842. The van der Waals surface area contributed by atoms with Crippen molar-refractivity contribution in [1.82, 2.24) is 0 Å². The number of hydrogen-bond donors (Lipinski definition) is 0. The average Bonchev–Trinajstić information content (AvgIpc) is 2.39. The van der Waals surface area contributed by atoms with Gasteiger partial charge in [-0.15, -0.1) is 0 Å². The molecule has 2 aromatic rings. The second kappa shape index (κ2) is 4.93. The Morgan fingerprint density at radius 1 is 0.882 bits per heavy atom. The van der Waals surface area contributed by atoms with E-state index in [1.807, 2.05) is 0 Å². The maximum atomic E-state index is 12.0. The molecule has 2 aromatic carbocycles. The number of aldehydes is 1. The average molecular weight is 245 g/mol. The van der Waals surface area contributed by atoms with Crippen molar-refractivity contribution in [3.05, 3.63) is 70.2 Å². The van der Waals surface area contributed by atoms with Crippen molar-refractivity contribution in [3.8, 4) is 0 Å². The standard InChI is InChI=1S/C14H9ClO2/c15-13-7-5-12(6-8-13)14(17)11-3-1-10(9-16)2-4-11/h1-9H. The van der Waals surface area contributed by atoms with Gasteiger partial charge in [-0.25, -0.2) is 0 Å². The van der Waals surface area contributed by atoms with Crippen molar-refractivity contribution in [1.29, 1.82) is 0 Å². The Morgan fingerprint density at radius 3 is 1.82 bits per heavy atom. The van der Waals surface area contributed by atoms with Crippen molar-refractivity contribution >= 4 is 23.7 Å². The van der Waals surface area contributed by atoms with Gasteiger partial charge in [0.1, 0.15) is 6.29 Å². The summed E-state index contributed by atoms with van der Waals surface area (Å²) in [5.74, 6) is -0.0842. The van der Waals surface area contributed by atoms with Crippen LogP contribution in [0.3, 0.4) is 0 Å². The molecule has 0 amide bonds. The summed E-state index contributed by atoms with van der Waals surface area (Å²) < 4.78 is 0. The van der Waals surface area contributed by atoms with Crippen LogP contribution >= 0.6 is 11.6 Å². The van der Waals surface area contributed by atoms with Crippen LogP contribution in [0.25, 0.3) is 0 Å². The number of halogens is 1. The predicted molar refractivity (Wildman–Crippen MR) is 66.7 cm³/mol. The van der Waals surface area contributed by atoms with E-state index < -0.39 is 0 Å². The molecule has 84 valence electrons. The van der Waals surface area contributed by atoms with E-state index in [9.17, 15) is 9.59 Å². The van der Waals surface area contributed by atoms with Gasteiger partial charge in [-0.3, -0.25) is 9.59 Å². The fraction of sp³-hybridized carbons (Fsp3) is 0. The maximum Gasteiger partial charge on any atom is 0.193 e. The molecule has 0 aromatic heterocycles. The highest BCUT2D eigenvalue weighted by Crippen LogP contribution is 2.14. The summed E-state index contributed by atoms with van der Waals surface area (Å²) in [5.41, 5.74) is 1.68. The van der Waals surface area contributed by atoms with E-state index in [0.29, 0.717) is 21.7 Å². The van der Waals surface area contributed by atoms with Crippen LogP contribution in [-0.2, 0) is 0 Å². The molecule has 0 aliphatic heterocycles. The van der Waals surface area contributed by atoms with Crippen molar-refractivity contribution in [2.45, 2.75) is 0 Å². The number of ketones is 1. The van der Waals surface area contributed by atoms with Crippen molar-refractivity contribution < 1.29 is 9.59 Å². The second-order valence-electron chi connectivity index (χ2n) is 3.58. The number of carbonyl (C=O) groups is 2. The van der Waals surface area contributed by atoms with Crippen LogP contribution in [0.1, 0.15) is 26.3 Å². The first-order chi connectivity index (χ1) is 8.20. The topological polar surface area (TPSA) is 34.1 Å². The Hall–Kier alpha value is -1.93. The molecule has 2 nitrogen and oxygen atoms in total. The van der Waals surface area contributed by atoms with Gasteiger partial charge in [0.15, 0.2) is 5.78 Å². The van der Waals surface area contributed by atoms with Crippen LogP contribution in [0.4, 0.5) is 0 Å². The minimum absolute atomic E-state index is 0.0842. The predicted octanol–water partition coefficient (Wildman–Crippen LogP) is 3.38. The summed E-state index contributed by atoms with van der Waals surface area (Å²) in [4.78, 5) is 22.5. The quantitative estimate of drug-likeness (QED) is 0.613. The lowest BCUT2D eigenvalue weighted by atomic mass is 10.0. The van der Waals surface area contributed by atoms with Gasteiger partial charge in [-0.2, -0.15) is 0 Å². The molecular formula is C14H9ClO2. The highest BCUT2D eigenvalue weighted by molar-refractivity contribution is 6.30. The first-order valence-electron chi connectivity index (χ1n) is 5.06. The molecule has 0 aliphatic rings. The van der Waals surface area contributed by atoms with Crippen LogP contribution in [0.15, 0.2) is 48.5 Å². The molecule has 17 heavy (non-hydrogen) atoms. The molecule has 0 saturated heterocycles.